The van der Waals surface area contributed by atoms with Gasteiger partial charge in [-0.25, -0.2) is 18.4 Å². The summed E-state index contributed by atoms with van der Waals surface area (Å²) >= 11 is 1.55. The highest BCUT2D eigenvalue weighted by Gasteiger charge is 2.32. The Morgan fingerprint density at radius 2 is 1.97 bits per heavy atom. The second-order valence-electron chi connectivity index (χ2n) is 7.48. The van der Waals surface area contributed by atoms with E-state index in [9.17, 15) is 8.42 Å². The highest BCUT2D eigenvalue weighted by Crippen LogP contribution is 2.31. The van der Waals surface area contributed by atoms with Gasteiger partial charge in [0.2, 0.25) is 10.0 Å². The van der Waals surface area contributed by atoms with E-state index in [2.05, 4.69) is 15.4 Å². The van der Waals surface area contributed by atoms with Gasteiger partial charge in [-0.05, 0) is 45.7 Å². The molecule has 0 radical (unpaired) electrons. The van der Waals surface area contributed by atoms with Gasteiger partial charge in [0.1, 0.15) is 10.7 Å². The Morgan fingerprint density at radius 3 is 2.60 bits per heavy atom. The Hall–Kier alpha value is -2.30. The summed E-state index contributed by atoms with van der Waals surface area (Å²) in [6, 6.07) is 5.92. The van der Waals surface area contributed by atoms with Crippen LogP contribution in [0.5, 0.6) is 0 Å². The Labute approximate surface area is 181 Å². The number of anilines is 2. The zero-order valence-electron chi connectivity index (χ0n) is 17.4. The topological polar surface area (TPSA) is 93.0 Å². The molecule has 1 aliphatic heterocycles. The average molecular weight is 447 g/mol. The summed E-state index contributed by atoms with van der Waals surface area (Å²) < 4.78 is 29.4. The second kappa shape index (κ2) is 8.44. The van der Waals surface area contributed by atoms with Crippen molar-refractivity contribution in [3.8, 4) is 0 Å². The van der Waals surface area contributed by atoms with Crippen molar-refractivity contribution in [2.75, 3.05) is 18.4 Å². The van der Waals surface area contributed by atoms with Gasteiger partial charge in [0, 0.05) is 42.8 Å². The molecule has 10 heteroatoms. The molecule has 0 aliphatic carbocycles. The fourth-order valence-corrected chi connectivity index (χ4v) is 6.05. The van der Waals surface area contributed by atoms with Crippen molar-refractivity contribution >= 4 is 32.3 Å². The van der Waals surface area contributed by atoms with Crippen LogP contribution >= 0.6 is 11.3 Å². The molecule has 0 bridgehead atoms. The summed E-state index contributed by atoms with van der Waals surface area (Å²) in [5, 5.41) is 10.4. The number of thiazole rings is 1. The quantitative estimate of drug-likeness (QED) is 0.621. The standard InChI is InChI=1S/C20H26N6O2S2/c1-4-25-12-18(15(3)24-25)30(27,28)26-10-8-16(9-11-26)17-6-5-7-19(22-17)23-20-21-14(2)13-29-20/h5-7,12-13,16H,4,8-11H2,1-3H3,(H,21,22,23). The number of nitrogens with zero attached hydrogens (tertiary/aromatic N) is 5. The normalized spacial score (nSPS) is 16.1. The van der Waals surface area contributed by atoms with E-state index in [1.807, 2.05) is 37.4 Å². The van der Waals surface area contributed by atoms with Crippen molar-refractivity contribution in [1.82, 2.24) is 24.1 Å². The van der Waals surface area contributed by atoms with E-state index in [4.69, 9.17) is 4.98 Å². The van der Waals surface area contributed by atoms with Crippen molar-refractivity contribution < 1.29 is 8.42 Å². The molecule has 0 saturated carbocycles. The van der Waals surface area contributed by atoms with Crippen LogP contribution in [-0.2, 0) is 16.6 Å². The number of nitrogens with one attached hydrogen (secondary N) is 1. The lowest BCUT2D eigenvalue weighted by atomic mass is 9.94. The molecular weight excluding hydrogens is 420 g/mol. The zero-order chi connectivity index (χ0) is 21.3. The third-order valence-corrected chi connectivity index (χ3v) is 8.22. The molecule has 3 aromatic rings. The summed E-state index contributed by atoms with van der Waals surface area (Å²) in [4.78, 5) is 9.48. The van der Waals surface area contributed by atoms with Crippen LogP contribution in [0, 0.1) is 13.8 Å². The first-order valence-corrected chi connectivity index (χ1v) is 12.4. The van der Waals surface area contributed by atoms with Crippen LogP contribution in [0.3, 0.4) is 0 Å². The van der Waals surface area contributed by atoms with Gasteiger partial charge in [-0.2, -0.15) is 9.40 Å². The van der Waals surface area contributed by atoms with Crippen molar-refractivity contribution in [3.05, 3.63) is 46.9 Å². The van der Waals surface area contributed by atoms with Gasteiger partial charge < -0.3 is 5.32 Å². The van der Waals surface area contributed by atoms with Gasteiger partial charge in [0.05, 0.1) is 11.4 Å². The summed E-state index contributed by atoms with van der Waals surface area (Å²) in [5.74, 6) is 0.996. The van der Waals surface area contributed by atoms with E-state index in [1.165, 1.54) is 0 Å². The van der Waals surface area contributed by atoms with Gasteiger partial charge in [-0.3, -0.25) is 4.68 Å². The summed E-state index contributed by atoms with van der Waals surface area (Å²) in [6.07, 6.45) is 3.12. The molecule has 0 unspecified atom stereocenters. The number of aryl methyl sites for hydroxylation is 3. The first kappa shape index (κ1) is 21.0. The van der Waals surface area contributed by atoms with Crippen LogP contribution in [-0.4, -0.2) is 45.6 Å². The highest BCUT2D eigenvalue weighted by molar-refractivity contribution is 7.89. The third kappa shape index (κ3) is 4.26. The van der Waals surface area contributed by atoms with Crippen molar-refractivity contribution in [3.63, 3.8) is 0 Å². The van der Waals surface area contributed by atoms with Crippen LogP contribution in [0.2, 0.25) is 0 Å². The van der Waals surface area contributed by atoms with Gasteiger partial charge >= 0.3 is 0 Å². The zero-order valence-corrected chi connectivity index (χ0v) is 19.0. The minimum Gasteiger partial charge on any atom is -0.316 e. The molecular formula is C20H26N6O2S2. The molecule has 0 atom stereocenters. The first-order valence-electron chi connectivity index (χ1n) is 10.1. The van der Waals surface area contributed by atoms with E-state index < -0.39 is 10.0 Å². The van der Waals surface area contributed by atoms with Crippen LogP contribution in [0.25, 0.3) is 0 Å². The predicted molar refractivity (Wildman–Crippen MR) is 118 cm³/mol. The van der Waals surface area contributed by atoms with E-state index >= 15 is 0 Å². The van der Waals surface area contributed by atoms with Crippen LogP contribution in [0.15, 0.2) is 34.7 Å². The van der Waals surface area contributed by atoms with Crippen LogP contribution < -0.4 is 5.32 Å². The fraction of sp³-hybridized carbons (Fsp3) is 0.450. The molecule has 3 aromatic heterocycles. The van der Waals surface area contributed by atoms with E-state index in [0.717, 1.165) is 35.2 Å². The summed E-state index contributed by atoms with van der Waals surface area (Å²) in [7, 11) is -3.52. The van der Waals surface area contributed by atoms with Gasteiger partial charge in [0.15, 0.2) is 5.13 Å². The van der Waals surface area contributed by atoms with Crippen molar-refractivity contribution in [1.29, 1.82) is 0 Å². The number of aromatic nitrogens is 4. The fourth-order valence-electron chi connectivity index (χ4n) is 3.72. The predicted octanol–water partition coefficient (Wildman–Crippen LogP) is 3.68. The van der Waals surface area contributed by atoms with Gasteiger partial charge in [-0.15, -0.1) is 11.3 Å². The Morgan fingerprint density at radius 1 is 1.20 bits per heavy atom. The molecule has 30 heavy (non-hydrogen) atoms. The maximum absolute atomic E-state index is 13.1. The lowest BCUT2D eigenvalue weighted by molar-refractivity contribution is 0.316. The third-order valence-electron chi connectivity index (χ3n) is 5.34. The van der Waals surface area contributed by atoms with E-state index in [-0.39, 0.29) is 5.92 Å². The minimum absolute atomic E-state index is 0.232. The number of pyridine rings is 1. The number of hydrogen-bond donors (Lipinski definition) is 1. The van der Waals surface area contributed by atoms with Crippen molar-refractivity contribution in [2.24, 2.45) is 0 Å². The lowest BCUT2D eigenvalue weighted by Gasteiger charge is -2.30. The Kier molecular flexibility index (Phi) is 5.90. The molecule has 0 aromatic carbocycles. The van der Waals surface area contributed by atoms with Crippen molar-refractivity contribution in [2.45, 2.75) is 51.0 Å². The number of rotatable bonds is 6. The Bertz CT molecular complexity index is 1130. The molecule has 8 nitrogen and oxygen atoms in total. The lowest BCUT2D eigenvalue weighted by Crippen LogP contribution is -2.38. The number of hydrogen-bond acceptors (Lipinski definition) is 7. The molecule has 0 amide bonds. The molecule has 1 N–H and O–H groups in total. The summed E-state index contributed by atoms with van der Waals surface area (Å²) in [5.41, 5.74) is 2.52. The number of piperidine rings is 1. The molecule has 160 valence electrons. The molecule has 4 heterocycles. The molecule has 1 saturated heterocycles. The van der Waals surface area contributed by atoms with E-state index in [0.29, 0.717) is 30.2 Å². The average Bonchev–Trinajstić information content (AvgIpc) is 3.33. The minimum atomic E-state index is -3.52. The smallest absolute Gasteiger partial charge is 0.246 e. The largest absolute Gasteiger partial charge is 0.316 e. The molecule has 4 rings (SSSR count). The van der Waals surface area contributed by atoms with Crippen LogP contribution in [0.1, 0.15) is 42.8 Å². The summed E-state index contributed by atoms with van der Waals surface area (Å²) in [6.45, 7) is 7.26. The van der Waals surface area contributed by atoms with Gasteiger partial charge in [0.25, 0.3) is 0 Å². The highest BCUT2D eigenvalue weighted by atomic mass is 32.2. The van der Waals surface area contributed by atoms with Gasteiger partial charge in [-0.1, -0.05) is 6.07 Å². The molecule has 1 aliphatic rings. The Balaban J connectivity index is 1.44. The monoisotopic (exact) mass is 446 g/mol. The van der Waals surface area contributed by atoms with E-state index in [1.54, 1.807) is 33.4 Å². The SMILES string of the molecule is CCn1cc(S(=O)(=O)N2CCC(c3cccc(Nc4nc(C)cs4)n3)CC2)c(C)n1. The number of sulfonamides is 1. The maximum atomic E-state index is 13.1. The second-order valence-corrected chi connectivity index (χ2v) is 10.2. The van der Waals surface area contributed by atoms with Crippen LogP contribution in [0.4, 0.5) is 10.9 Å². The molecule has 0 spiro atoms. The first-order chi connectivity index (χ1) is 14.4. The maximum Gasteiger partial charge on any atom is 0.246 e. The molecule has 1 fully saturated rings.